The molecule has 0 aromatic carbocycles. The highest BCUT2D eigenvalue weighted by Gasteiger charge is 2.55. The van der Waals surface area contributed by atoms with Gasteiger partial charge in [-0.05, 0) is 0 Å². The van der Waals surface area contributed by atoms with E-state index < -0.39 is 23.1 Å². The fourth-order valence-corrected chi connectivity index (χ4v) is 2.60. The van der Waals surface area contributed by atoms with Crippen molar-refractivity contribution in [1.82, 2.24) is 9.55 Å². The van der Waals surface area contributed by atoms with E-state index >= 15 is 0 Å². The van der Waals surface area contributed by atoms with Gasteiger partial charge in [0.05, 0.1) is 19.3 Å². The third kappa shape index (κ3) is 1.63. The van der Waals surface area contributed by atoms with Gasteiger partial charge in [0.15, 0.2) is 6.23 Å². The standard InChI is InChI=1S/C11H14N2O5/c14-6-7-5-11(2-4-17-11)9(18-7)13-3-1-8(15)12-10(13)16/h1,3,7,9,14H,2,4-6H2,(H,12,15,16). The predicted octanol–water partition coefficient (Wildman–Crippen LogP) is -1.02. The van der Waals surface area contributed by atoms with Gasteiger partial charge in [0.25, 0.3) is 5.56 Å². The monoisotopic (exact) mass is 254 g/mol. The Kier molecular flexibility index (Phi) is 2.61. The molecular weight excluding hydrogens is 240 g/mol. The highest BCUT2D eigenvalue weighted by atomic mass is 16.6. The van der Waals surface area contributed by atoms with Gasteiger partial charge in [-0.1, -0.05) is 0 Å². The van der Waals surface area contributed by atoms with Crippen molar-refractivity contribution in [2.45, 2.75) is 30.8 Å². The Morgan fingerprint density at radius 3 is 2.89 bits per heavy atom. The summed E-state index contributed by atoms with van der Waals surface area (Å²) in [4.78, 5) is 25.0. The van der Waals surface area contributed by atoms with E-state index in [4.69, 9.17) is 9.47 Å². The van der Waals surface area contributed by atoms with Gasteiger partial charge in [0.1, 0.15) is 5.60 Å². The normalized spacial score (nSPS) is 34.7. The van der Waals surface area contributed by atoms with Crippen LogP contribution in [0.25, 0.3) is 0 Å². The Morgan fingerprint density at radius 1 is 1.56 bits per heavy atom. The first-order valence-electron chi connectivity index (χ1n) is 5.86. The first-order valence-corrected chi connectivity index (χ1v) is 5.86. The predicted molar refractivity (Wildman–Crippen MR) is 60.2 cm³/mol. The molecule has 2 aliphatic rings. The Balaban J connectivity index is 1.99. The van der Waals surface area contributed by atoms with Gasteiger partial charge < -0.3 is 14.6 Å². The molecule has 7 nitrogen and oxygen atoms in total. The highest BCUT2D eigenvalue weighted by Crippen LogP contribution is 2.47. The Hall–Kier alpha value is -1.44. The fraction of sp³-hybridized carbons (Fsp3) is 0.636. The third-order valence-electron chi connectivity index (χ3n) is 3.57. The van der Waals surface area contributed by atoms with Crippen LogP contribution in [0.4, 0.5) is 0 Å². The lowest BCUT2D eigenvalue weighted by molar-refractivity contribution is -0.201. The van der Waals surface area contributed by atoms with E-state index in [2.05, 4.69) is 4.98 Å². The van der Waals surface area contributed by atoms with Gasteiger partial charge >= 0.3 is 5.69 Å². The van der Waals surface area contributed by atoms with Gasteiger partial charge in [-0.15, -0.1) is 0 Å². The summed E-state index contributed by atoms with van der Waals surface area (Å²) in [6.07, 6.45) is 1.80. The van der Waals surface area contributed by atoms with Crippen molar-refractivity contribution in [2.24, 2.45) is 0 Å². The lowest BCUT2D eigenvalue weighted by Gasteiger charge is -2.42. The number of H-pyrrole nitrogens is 1. The molecule has 2 saturated heterocycles. The molecule has 0 saturated carbocycles. The van der Waals surface area contributed by atoms with E-state index in [1.165, 1.54) is 16.8 Å². The van der Waals surface area contributed by atoms with Crippen LogP contribution in [0.2, 0.25) is 0 Å². The average molecular weight is 254 g/mol. The van der Waals surface area contributed by atoms with Crippen molar-refractivity contribution in [3.8, 4) is 0 Å². The summed E-state index contributed by atoms with van der Waals surface area (Å²) in [5.41, 5.74) is -1.52. The van der Waals surface area contributed by atoms with Crippen molar-refractivity contribution in [2.75, 3.05) is 13.2 Å². The van der Waals surface area contributed by atoms with Crippen LogP contribution in [0.5, 0.6) is 0 Å². The van der Waals surface area contributed by atoms with Crippen molar-refractivity contribution < 1.29 is 14.6 Å². The molecule has 98 valence electrons. The first kappa shape index (κ1) is 11.6. The molecule has 3 atom stereocenters. The maximum atomic E-state index is 11.8. The lowest BCUT2D eigenvalue weighted by atomic mass is 9.89. The fourth-order valence-electron chi connectivity index (χ4n) is 2.60. The molecule has 0 amide bonds. The summed E-state index contributed by atoms with van der Waals surface area (Å²) >= 11 is 0. The molecule has 2 N–H and O–H groups in total. The number of aromatic nitrogens is 2. The Morgan fingerprint density at radius 2 is 2.33 bits per heavy atom. The van der Waals surface area contributed by atoms with Crippen molar-refractivity contribution in [3.63, 3.8) is 0 Å². The number of hydrogen-bond acceptors (Lipinski definition) is 5. The number of hydrogen-bond donors (Lipinski definition) is 2. The van der Waals surface area contributed by atoms with Crippen molar-refractivity contribution in [3.05, 3.63) is 33.1 Å². The molecule has 3 unspecified atom stereocenters. The molecule has 3 rings (SSSR count). The minimum atomic E-state index is -0.590. The van der Waals surface area contributed by atoms with Crippen LogP contribution in [0, 0.1) is 0 Å². The smallest absolute Gasteiger partial charge is 0.330 e. The summed E-state index contributed by atoms with van der Waals surface area (Å²) in [5, 5.41) is 9.17. The second kappa shape index (κ2) is 4.04. The van der Waals surface area contributed by atoms with Gasteiger partial charge in [0, 0.05) is 25.1 Å². The van der Waals surface area contributed by atoms with Gasteiger partial charge in [0.2, 0.25) is 0 Å². The number of rotatable bonds is 2. The molecule has 1 aromatic heterocycles. The minimum Gasteiger partial charge on any atom is -0.394 e. The van der Waals surface area contributed by atoms with Crippen LogP contribution >= 0.6 is 0 Å². The van der Waals surface area contributed by atoms with E-state index in [-0.39, 0.29) is 12.7 Å². The highest BCUT2D eigenvalue weighted by molar-refractivity contribution is 5.01. The largest absolute Gasteiger partial charge is 0.394 e. The number of aliphatic hydroxyl groups excluding tert-OH is 1. The molecule has 2 fully saturated rings. The number of nitrogens with zero attached hydrogens (tertiary/aromatic N) is 1. The number of ether oxygens (including phenoxy) is 2. The van der Waals surface area contributed by atoms with Crippen LogP contribution in [0.3, 0.4) is 0 Å². The Bertz CT molecular complexity index is 559. The molecule has 0 aliphatic carbocycles. The van der Waals surface area contributed by atoms with E-state index in [9.17, 15) is 14.7 Å². The van der Waals surface area contributed by atoms with Crippen LogP contribution in [0.15, 0.2) is 21.9 Å². The van der Waals surface area contributed by atoms with Crippen LogP contribution in [-0.2, 0) is 9.47 Å². The molecule has 0 radical (unpaired) electrons. The van der Waals surface area contributed by atoms with Crippen LogP contribution in [-0.4, -0.2) is 39.6 Å². The summed E-state index contributed by atoms with van der Waals surface area (Å²) in [6, 6.07) is 1.27. The lowest BCUT2D eigenvalue weighted by Crippen LogP contribution is -2.50. The van der Waals surface area contributed by atoms with E-state index in [0.29, 0.717) is 13.0 Å². The zero-order chi connectivity index (χ0) is 12.8. The van der Waals surface area contributed by atoms with Crippen molar-refractivity contribution >= 4 is 0 Å². The maximum Gasteiger partial charge on any atom is 0.330 e. The molecular formula is C11H14N2O5. The number of aliphatic hydroxyl groups is 1. The summed E-state index contributed by atoms with van der Waals surface area (Å²) < 4.78 is 12.5. The molecule has 2 aliphatic heterocycles. The van der Waals surface area contributed by atoms with Gasteiger partial charge in [-0.2, -0.15) is 0 Å². The average Bonchev–Trinajstić information content (AvgIpc) is 2.68. The second-order valence-corrected chi connectivity index (χ2v) is 4.68. The number of nitrogens with one attached hydrogen (secondary N) is 1. The van der Waals surface area contributed by atoms with E-state index in [0.717, 1.165) is 6.42 Å². The molecule has 0 bridgehead atoms. The minimum absolute atomic E-state index is 0.111. The Labute approximate surface area is 102 Å². The topological polar surface area (TPSA) is 93.5 Å². The number of aromatic amines is 1. The zero-order valence-corrected chi connectivity index (χ0v) is 9.67. The van der Waals surface area contributed by atoms with Gasteiger partial charge in [-0.25, -0.2) is 4.79 Å². The summed E-state index contributed by atoms with van der Waals surface area (Å²) in [7, 11) is 0. The maximum absolute atomic E-state index is 11.8. The van der Waals surface area contributed by atoms with Gasteiger partial charge in [-0.3, -0.25) is 14.3 Å². The zero-order valence-electron chi connectivity index (χ0n) is 9.67. The second-order valence-electron chi connectivity index (χ2n) is 4.68. The summed E-state index contributed by atoms with van der Waals surface area (Å²) in [5.74, 6) is 0. The quantitative estimate of drug-likeness (QED) is 0.704. The molecule has 3 heterocycles. The van der Waals surface area contributed by atoms with Crippen molar-refractivity contribution in [1.29, 1.82) is 0 Å². The SMILES string of the molecule is O=c1ccn(C2OC(CO)CC23CCO3)c(=O)[nH]1. The van der Waals surface area contributed by atoms with E-state index in [1.807, 2.05) is 0 Å². The molecule has 7 heteroatoms. The first-order chi connectivity index (χ1) is 8.64. The molecule has 1 spiro atoms. The van der Waals surface area contributed by atoms with E-state index in [1.54, 1.807) is 0 Å². The van der Waals surface area contributed by atoms with Crippen LogP contribution in [0.1, 0.15) is 19.1 Å². The third-order valence-corrected chi connectivity index (χ3v) is 3.57. The van der Waals surface area contributed by atoms with Crippen LogP contribution < -0.4 is 11.2 Å². The molecule has 1 aromatic rings. The summed E-state index contributed by atoms with van der Waals surface area (Å²) in [6.45, 7) is 0.510. The molecule has 18 heavy (non-hydrogen) atoms.